The average molecular weight is 205 g/mol. The van der Waals surface area contributed by atoms with Crippen LogP contribution in [0.3, 0.4) is 0 Å². The van der Waals surface area contributed by atoms with Crippen molar-refractivity contribution in [3.8, 4) is 0 Å². The number of hydrogen-bond acceptors (Lipinski definition) is 2. The number of carbonyl (C=O) groups is 1. The SMILES string of the molecule is CCCC1C([BH-](F)F)[C@H]1C(=O)OCC. The van der Waals surface area contributed by atoms with Crippen LogP contribution in [0.25, 0.3) is 0 Å². The molecular weight excluding hydrogens is 189 g/mol. The highest BCUT2D eigenvalue weighted by Crippen LogP contribution is 2.57. The van der Waals surface area contributed by atoms with Crippen molar-refractivity contribution < 1.29 is 18.2 Å². The van der Waals surface area contributed by atoms with Gasteiger partial charge in [0.2, 0.25) is 0 Å². The molecule has 2 nitrogen and oxygen atoms in total. The van der Waals surface area contributed by atoms with Crippen molar-refractivity contribution >= 4 is 13.2 Å². The smallest absolute Gasteiger partial charge is 0.306 e. The van der Waals surface area contributed by atoms with Crippen molar-refractivity contribution in [3.05, 3.63) is 0 Å². The lowest BCUT2D eigenvalue weighted by atomic mass is 9.86. The van der Waals surface area contributed by atoms with Gasteiger partial charge in [-0.25, -0.2) is 0 Å². The summed E-state index contributed by atoms with van der Waals surface area (Å²) in [6, 6.07) is 0. The van der Waals surface area contributed by atoms with Gasteiger partial charge in [0.05, 0.1) is 6.61 Å². The van der Waals surface area contributed by atoms with Gasteiger partial charge in [-0.2, -0.15) is 0 Å². The molecule has 0 heterocycles. The molecule has 1 aliphatic rings. The molecule has 0 N–H and O–H groups in total. The number of ether oxygens (including phenoxy) is 1. The predicted octanol–water partition coefficient (Wildman–Crippen LogP) is 2.13. The van der Waals surface area contributed by atoms with Crippen molar-refractivity contribution in [1.82, 2.24) is 0 Å². The minimum atomic E-state index is -3.15. The summed E-state index contributed by atoms with van der Waals surface area (Å²) in [6.45, 7) is 3.91. The van der Waals surface area contributed by atoms with E-state index in [9.17, 15) is 13.4 Å². The van der Waals surface area contributed by atoms with E-state index in [-0.39, 0.29) is 12.5 Å². The Balaban J connectivity index is 2.48. The number of carbonyl (C=O) groups excluding carboxylic acids is 1. The monoisotopic (exact) mass is 205 g/mol. The van der Waals surface area contributed by atoms with Crippen molar-refractivity contribution in [1.29, 1.82) is 0 Å². The minimum Gasteiger partial charge on any atom is -0.481 e. The Hall–Kier alpha value is -0.605. The fraction of sp³-hybridized carbons (Fsp3) is 0.889. The Bertz CT molecular complexity index is 211. The Labute approximate surface area is 83.2 Å². The quantitative estimate of drug-likeness (QED) is 0.507. The van der Waals surface area contributed by atoms with Crippen molar-refractivity contribution in [2.24, 2.45) is 11.8 Å². The first-order valence-electron chi connectivity index (χ1n) is 5.25. The van der Waals surface area contributed by atoms with E-state index >= 15 is 0 Å². The fourth-order valence-corrected chi connectivity index (χ4v) is 2.18. The maximum absolute atomic E-state index is 12.5. The summed E-state index contributed by atoms with van der Waals surface area (Å²) in [5.74, 6) is -1.73. The molecular formula is C9H16BF2O2-. The van der Waals surface area contributed by atoms with Crippen LogP contribution in [0, 0.1) is 11.8 Å². The van der Waals surface area contributed by atoms with E-state index in [1.54, 1.807) is 6.92 Å². The molecule has 1 saturated carbocycles. The normalized spacial score (nSPS) is 30.5. The largest absolute Gasteiger partial charge is 0.481 e. The lowest BCUT2D eigenvalue weighted by Crippen LogP contribution is -2.10. The molecule has 0 aromatic carbocycles. The van der Waals surface area contributed by atoms with Crippen molar-refractivity contribution in [2.75, 3.05) is 6.61 Å². The molecule has 0 aromatic heterocycles. The molecule has 0 bridgehead atoms. The standard InChI is InChI=1S/C9H16BF2O2/c1-3-5-6-7(8(6)10(11)12)9(13)14-4-2/h6-8,10H,3-5H2,1-2H3/q-1/t6?,7-,8?/m0/s1. The van der Waals surface area contributed by atoms with Crippen LogP contribution in [0.1, 0.15) is 26.7 Å². The van der Waals surface area contributed by atoms with E-state index in [2.05, 4.69) is 0 Å². The van der Waals surface area contributed by atoms with E-state index < -0.39 is 25.0 Å². The van der Waals surface area contributed by atoms with E-state index in [0.717, 1.165) is 6.42 Å². The second-order valence-electron chi connectivity index (χ2n) is 3.80. The van der Waals surface area contributed by atoms with Gasteiger partial charge in [-0.05, 0) is 6.92 Å². The first kappa shape index (κ1) is 11.5. The summed E-state index contributed by atoms with van der Waals surface area (Å²) in [5, 5.41) is 0. The van der Waals surface area contributed by atoms with Gasteiger partial charge in [0.15, 0.2) is 0 Å². The van der Waals surface area contributed by atoms with Crippen LogP contribution in [0.4, 0.5) is 8.63 Å². The lowest BCUT2D eigenvalue weighted by molar-refractivity contribution is -0.145. The van der Waals surface area contributed by atoms with Gasteiger partial charge in [-0.15, -0.1) is 0 Å². The van der Waals surface area contributed by atoms with Crippen LogP contribution >= 0.6 is 0 Å². The third kappa shape index (κ3) is 2.25. The van der Waals surface area contributed by atoms with Crippen LogP contribution in [0.2, 0.25) is 5.82 Å². The molecule has 5 heteroatoms. The number of esters is 1. The second kappa shape index (κ2) is 4.76. The summed E-state index contributed by atoms with van der Waals surface area (Å²) in [7, 11) is -3.15. The van der Waals surface area contributed by atoms with E-state index in [1.807, 2.05) is 6.92 Å². The first-order valence-corrected chi connectivity index (χ1v) is 5.25. The summed E-state index contributed by atoms with van der Waals surface area (Å²) in [4.78, 5) is 11.3. The van der Waals surface area contributed by atoms with Crippen LogP contribution in [0.15, 0.2) is 0 Å². The van der Waals surface area contributed by atoms with Gasteiger partial charge < -0.3 is 13.4 Å². The van der Waals surface area contributed by atoms with Gasteiger partial charge in [0.25, 0.3) is 7.27 Å². The molecule has 0 radical (unpaired) electrons. The third-order valence-corrected chi connectivity index (χ3v) is 2.87. The molecule has 0 aliphatic heterocycles. The summed E-state index contributed by atoms with van der Waals surface area (Å²) in [5.41, 5.74) is 0. The van der Waals surface area contributed by atoms with Gasteiger partial charge in [-0.1, -0.05) is 31.5 Å². The molecule has 1 fully saturated rings. The topological polar surface area (TPSA) is 26.3 Å². The zero-order valence-corrected chi connectivity index (χ0v) is 8.63. The van der Waals surface area contributed by atoms with Gasteiger partial charge >= 0.3 is 5.97 Å². The molecule has 82 valence electrons. The number of rotatable bonds is 5. The fourth-order valence-electron chi connectivity index (χ4n) is 2.18. The third-order valence-electron chi connectivity index (χ3n) is 2.87. The Morgan fingerprint density at radius 1 is 1.43 bits per heavy atom. The maximum Gasteiger partial charge on any atom is 0.306 e. The molecule has 14 heavy (non-hydrogen) atoms. The first-order chi connectivity index (χ1) is 6.63. The van der Waals surface area contributed by atoms with Crippen molar-refractivity contribution in [2.45, 2.75) is 32.5 Å². The van der Waals surface area contributed by atoms with Gasteiger partial charge in [-0.3, -0.25) is 4.79 Å². The highest BCUT2D eigenvalue weighted by Gasteiger charge is 2.54. The predicted molar refractivity (Wildman–Crippen MR) is 51.6 cm³/mol. The van der Waals surface area contributed by atoms with Gasteiger partial charge in [0.1, 0.15) is 0 Å². The highest BCUT2D eigenvalue weighted by atomic mass is 19.2. The summed E-state index contributed by atoms with van der Waals surface area (Å²) < 4.78 is 29.8. The Morgan fingerprint density at radius 2 is 2.07 bits per heavy atom. The van der Waals surface area contributed by atoms with Gasteiger partial charge in [0, 0.05) is 5.92 Å². The van der Waals surface area contributed by atoms with E-state index in [0.29, 0.717) is 6.42 Å². The van der Waals surface area contributed by atoms with Crippen LogP contribution in [0.5, 0.6) is 0 Å². The second-order valence-corrected chi connectivity index (χ2v) is 3.80. The molecule has 0 saturated heterocycles. The maximum atomic E-state index is 12.5. The Kier molecular flexibility index (Phi) is 3.90. The summed E-state index contributed by atoms with van der Waals surface area (Å²) in [6.07, 6.45) is 1.56. The minimum absolute atomic E-state index is 0.117. The molecule has 2 unspecified atom stereocenters. The molecule has 0 aromatic rings. The zero-order valence-electron chi connectivity index (χ0n) is 8.63. The number of halogens is 2. The van der Waals surface area contributed by atoms with Crippen LogP contribution < -0.4 is 0 Å². The Morgan fingerprint density at radius 3 is 2.50 bits per heavy atom. The molecule has 0 spiro atoms. The van der Waals surface area contributed by atoms with E-state index in [4.69, 9.17) is 4.74 Å². The molecule has 3 atom stereocenters. The number of hydrogen-bond donors (Lipinski definition) is 0. The molecule has 1 rings (SSSR count). The average Bonchev–Trinajstić information content (AvgIpc) is 2.80. The summed E-state index contributed by atoms with van der Waals surface area (Å²) >= 11 is 0. The highest BCUT2D eigenvalue weighted by molar-refractivity contribution is 6.47. The van der Waals surface area contributed by atoms with Crippen LogP contribution in [-0.4, -0.2) is 19.8 Å². The molecule has 1 aliphatic carbocycles. The zero-order chi connectivity index (χ0) is 10.7. The van der Waals surface area contributed by atoms with E-state index in [1.165, 1.54) is 0 Å². The van der Waals surface area contributed by atoms with Crippen LogP contribution in [-0.2, 0) is 9.53 Å². The lowest BCUT2D eigenvalue weighted by Gasteiger charge is -2.03. The van der Waals surface area contributed by atoms with Crippen molar-refractivity contribution in [3.63, 3.8) is 0 Å². The molecule has 0 amide bonds.